The van der Waals surface area contributed by atoms with Gasteiger partial charge in [-0.1, -0.05) is 35.4 Å². The monoisotopic (exact) mass is 275 g/mol. The van der Waals surface area contributed by atoms with Crippen molar-refractivity contribution in [2.24, 2.45) is 16.8 Å². The molecule has 1 aromatic heterocycles. The van der Waals surface area contributed by atoms with E-state index in [0.29, 0.717) is 12.5 Å². The predicted molar refractivity (Wildman–Crippen MR) is 75.0 cm³/mol. The van der Waals surface area contributed by atoms with Crippen LogP contribution in [0.1, 0.15) is 6.92 Å². The molecule has 8 nitrogen and oxygen atoms in total. The molecule has 0 radical (unpaired) electrons. The average Bonchev–Trinajstić information content (AvgIpc) is 2.96. The maximum Gasteiger partial charge on any atom is 0.250 e. The number of aromatic nitrogens is 4. The van der Waals surface area contributed by atoms with Crippen LogP contribution >= 0.6 is 0 Å². The van der Waals surface area contributed by atoms with Crippen molar-refractivity contribution in [2.45, 2.75) is 6.92 Å². The molecule has 0 saturated carbocycles. The molecular formula is C12H17N7O. The van der Waals surface area contributed by atoms with E-state index in [1.165, 1.54) is 0 Å². The third-order valence-corrected chi connectivity index (χ3v) is 2.96. The molecular weight excluding hydrogens is 258 g/mol. The Hall–Kier alpha value is -2.64. The Balaban J connectivity index is 2.20. The van der Waals surface area contributed by atoms with E-state index in [1.807, 2.05) is 49.2 Å². The number of hydrogen-bond donors (Lipinski definition) is 2. The van der Waals surface area contributed by atoms with Gasteiger partial charge in [-0.05, 0) is 22.6 Å². The standard InChI is InChI=1S/C12H17N7O/c1-9(11(13)15-20)8-18(2)12-14-16-17-19(12)10-6-4-3-5-7-10/h3-7,9,20H,8H2,1-2H3,(H2,13,15). The highest BCUT2D eigenvalue weighted by Crippen LogP contribution is 2.15. The molecule has 8 heteroatoms. The Morgan fingerprint density at radius 3 is 2.80 bits per heavy atom. The van der Waals surface area contributed by atoms with E-state index in [9.17, 15) is 0 Å². The molecule has 1 heterocycles. The molecule has 0 aliphatic heterocycles. The Labute approximate surface area is 116 Å². The van der Waals surface area contributed by atoms with Gasteiger partial charge in [0.1, 0.15) is 5.84 Å². The molecule has 0 fully saturated rings. The molecule has 2 rings (SSSR count). The summed E-state index contributed by atoms with van der Waals surface area (Å²) in [5.41, 5.74) is 6.45. The van der Waals surface area contributed by atoms with E-state index >= 15 is 0 Å². The smallest absolute Gasteiger partial charge is 0.250 e. The highest BCUT2D eigenvalue weighted by Gasteiger charge is 2.17. The van der Waals surface area contributed by atoms with E-state index in [2.05, 4.69) is 20.7 Å². The molecule has 0 aliphatic rings. The van der Waals surface area contributed by atoms with Crippen molar-refractivity contribution in [2.75, 3.05) is 18.5 Å². The normalized spacial score (nSPS) is 13.2. The van der Waals surface area contributed by atoms with Crippen LogP contribution in [0.25, 0.3) is 5.69 Å². The summed E-state index contributed by atoms with van der Waals surface area (Å²) in [7, 11) is 1.85. The zero-order chi connectivity index (χ0) is 14.5. The fourth-order valence-electron chi connectivity index (χ4n) is 1.84. The highest BCUT2D eigenvalue weighted by atomic mass is 16.4. The average molecular weight is 275 g/mol. The minimum atomic E-state index is -0.120. The second kappa shape index (κ2) is 6.00. The number of tetrazole rings is 1. The summed E-state index contributed by atoms with van der Waals surface area (Å²) in [4.78, 5) is 1.86. The van der Waals surface area contributed by atoms with Crippen LogP contribution in [-0.2, 0) is 0 Å². The summed E-state index contributed by atoms with van der Waals surface area (Å²) in [5, 5.41) is 23.4. The highest BCUT2D eigenvalue weighted by molar-refractivity contribution is 5.82. The molecule has 2 aromatic rings. The van der Waals surface area contributed by atoms with Crippen LogP contribution in [0.5, 0.6) is 0 Å². The van der Waals surface area contributed by atoms with Crippen LogP contribution in [0.4, 0.5) is 5.95 Å². The molecule has 20 heavy (non-hydrogen) atoms. The first-order chi connectivity index (χ1) is 9.63. The summed E-state index contributed by atoms with van der Waals surface area (Å²) < 4.78 is 1.64. The van der Waals surface area contributed by atoms with Crippen LogP contribution < -0.4 is 10.6 Å². The summed E-state index contributed by atoms with van der Waals surface area (Å²) in [6.45, 7) is 2.39. The van der Waals surface area contributed by atoms with Crippen molar-refractivity contribution >= 4 is 11.8 Å². The Bertz CT molecular complexity index is 581. The molecule has 106 valence electrons. The molecule has 0 bridgehead atoms. The lowest BCUT2D eigenvalue weighted by atomic mass is 10.1. The third kappa shape index (κ3) is 2.85. The van der Waals surface area contributed by atoms with Crippen molar-refractivity contribution in [3.8, 4) is 5.69 Å². The van der Waals surface area contributed by atoms with E-state index in [0.717, 1.165) is 5.69 Å². The number of benzene rings is 1. The second-order valence-electron chi connectivity index (χ2n) is 4.53. The van der Waals surface area contributed by atoms with Gasteiger partial charge in [0.15, 0.2) is 0 Å². The number of hydrogen-bond acceptors (Lipinski definition) is 6. The van der Waals surface area contributed by atoms with Crippen molar-refractivity contribution < 1.29 is 5.21 Å². The predicted octanol–water partition coefficient (Wildman–Crippen LogP) is 0.481. The third-order valence-electron chi connectivity index (χ3n) is 2.96. The number of nitrogens with zero attached hydrogens (tertiary/aromatic N) is 6. The number of anilines is 1. The zero-order valence-electron chi connectivity index (χ0n) is 11.4. The summed E-state index contributed by atoms with van der Waals surface area (Å²) in [6.07, 6.45) is 0. The summed E-state index contributed by atoms with van der Waals surface area (Å²) >= 11 is 0. The van der Waals surface area contributed by atoms with Gasteiger partial charge in [0.25, 0.3) is 0 Å². The van der Waals surface area contributed by atoms with Gasteiger partial charge in [-0.3, -0.25) is 0 Å². The molecule has 3 N–H and O–H groups in total. The van der Waals surface area contributed by atoms with E-state index in [-0.39, 0.29) is 11.8 Å². The quantitative estimate of drug-likeness (QED) is 0.356. The van der Waals surface area contributed by atoms with Gasteiger partial charge in [0, 0.05) is 19.5 Å². The largest absolute Gasteiger partial charge is 0.409 e. The van der Waals surface area contributed by atoms with Crippen molar-refractivity contribution in [1.29, 1.82) is 0 Å². The number of oxime groups is 1. The van der Waals surface area contributed by atoms with Gasteiger partial charge >= 0.3 is 0 Å². The lowest BCUT2D eigenvalue weighted by Crippen LogP contribution is -2.34. The first-order valence-electron chi connectivity index (χ1n) is 6.16. The SMILES string of the molecule is CC(CN(C)c1nnnn1-c1ccccc1)C(N)=NO. The molecule has 1 aromatic carbocycles. The minimum Gasteiger partial charge on any atom is -0.409 e. The van der Waals surface area contributed by atoms with Gasteiger partial charge in [-0.25, -0.2) is 0 Å². The maximum absolute atomic E-state index is 8.68. The summed E-state index contributed by atoms with van der Waals surface area (Å²) in [6, 6.07) is 9.60. The first kappa shape index (κ1) is 13.8. The molecule has 0 saturated heterocycles. The first-order valence-corrected chi connectivity index (χ1v) is 6.16. The second-order valence-corrected chi connectivity index (χ2v) is 4.53. The Morgan fingerprint density at radius 1 is 1.45 bits per heavy atom. The van der Waals surface area contributed by atoms with Crippen molar-refractivity contribution in [1.82, 2.24) is 20.2 Å². The molecule has 0 amide bonds. The van der Waals surface area contributed by atoms with E-state index in [1.54, 1.807) is 4.68 Å². The van der Waals surface area contributed by atoms with Crippen molar-refractivity contribution in [3.63, 3.8) is 0 Å². The molecule has 0 spiro atoms. The van der Waals surface area contributed by atoms with Gasteiger partial charge in [-0.15, -0.1) is 0 Å². The van der Waals surface area contributed by atoms with Crippen LogP contribution in [0, 0.1) is 5.92 Å². The van der Waals surface area contributed by atoms with Gasteiger partial charge < -0.3 is 15.8 Å². The van der Waals surface area contributed by atoms with Gasteiger partial charge in [0.2, 0.25) is 5.95 Å². The minimum absolute atomic E-state index is 0.120. The lowest BCUT2D eigenvalue weighted by molar-refractivity contribution is 0.314. The van der Waals surface area contributed by atoms with E-state index < -0.39 is 0 Å². The Kier molecular flexibility index (Phi) is 4.14. The molecule has 1 atom stereocenters. The number of para-hydroxylation sites is 1. The fourth-order valence-corrected chi connectivity index (χ4v) is 1.84. The Morgan fingerprint density at radius 2 is 2.15 bits per heavy atom. The van der Waals surface area contributed by atoms with Gasteiger partial charge in [-0.2, -0.15) is 4.68 Å². The van der Waals surface area contributed by atoms with Crippen molar-refractivity contribution in [3.05, 3.63) is 30.3 Å². The van der Waals surface area contributed by atoms with Crippen LogP contribution in [0.15, 0.2) is 35.5 Å². The number of rotatable bonds is 5. The van der Waals surface area contributed by atoms with Gasteiger partial charge in [0.05, 0.1) is 5.69 Å². The van der Waals surface area contributed by atoms with Crippen LogP contribution in [0.2, 0.25) is 0 Å². The number of nitrogens with two attached hydrogens (primary N) is 1. The molecule has 1 unspecified atom stereocenters. The lowest BCUT2D eigenvalue weighted by Gasteiger charge is -2.21. The number of amidine groups is 1. The summed E-state index contributed by atoms with van der Waals surface area (Å²) in [5.74, 6) is 0.648. The van der Waals surface area contributed by atoms with Crippen LogP contribution in [-0.4, -0.2) is 44.8 Å². The maximum atomic E-state index is 8.68. The van der Waals surface area contributed by atoms with Crippen LogP contribution in [0.3, 0.4) is 0 Å². The topological polar surface area (TPSA) is 105 Å². The molecule has 0 aliphatic carbocycles. The fraction of sp³-hybridized carbons (Fsp3) is 0.333. The van der Waals surface area contributed by atoms with E-state index in [4.69, 9.17) is 10.9 Å². The zero-order valence-corrected chi connectivity index (χ0v) is 11.4.